The van der Waals surface area contributed by atoms with E-state index in [9.17, 15) is 9.90 Å². The molecule has 1 aromatic heterocycles. The molecule has 0 aromatic carbocycles. The largest absolute Gasteiger partial charge is 0.396 e. The molecule has 0 aliphatic carbocycles. The molecule has 19 heavy (non-hydrogen) atoms. The van der Waals surface area contributed by atoms with Gasteiger partial charge in [-0.2, -0.15) is 5.10 Å². The summed E-state index contributed by atoms with van der Waals surface area (Å²) in [4.78, 5) is 11.9. The number of rotatable bonds is 6. The molecule has 0 radical (unpaired) electrons. The van der Waals surface area contributed by atoms with Crippen LogP contribution >= 0.6 is 0 Å². The van der Waals surface area contributed by atoms with E-state index in [4.69, 9.17) is 5.73 Å². The zero-order chi connectivity index (χ0) is 14.6. The van der Waals surface area contributed by atoms with Gasteiger partial charge in [0.05, 0.1) is 29.7 Å². The number of aromatic nitrogens is 2. The molecule has 0 aliphatic heterocycles. The predicted octanol–water partition coefficient (Wildman–Crippen LogP) is 0.605. The van der Waals surface area contributed by atoms with Crippen LogP contribution in [-0.4, -0.2) is 33.4 Å². The molecule has 1 rings (SSSR count). The number of hydrogen-bond donors (Lipinski definition) is 3. The Hall–Kier alpha value is -1.56. The number of anilines is 1. The number of carbonyl (C=O) groups is 1. The highest BCUT2D eigenvalue weighted by molar-refractivity contribution is 5.76. The first-order valence-corrected chi connectivity index (χ1v) is 6.54. The van der Waals surface area contributed by atoms with Gasteiger partial charge in [-0.1, -0.05) is 13.8 Å². The number of hydrogen-bond acceptors (Lipinski definition) is 4. The van der Waals surface area contributed by atoms with Gasteiger partial charge in [-0.25, -0.2) is 0 Å². The van der Waals surface area contributed by atoms with Crippen molar-refractivity contribution >= 4 is 11.6 Å². The van der Waals surface area contributed by atoms with E-state index >= 15 is 0 Å². The Bertz CT molecular complexity index is 440. The quantitative estimate of drug-likeness (QED) is 0.704. The van der Waals surface area contributed by atoms with Crippen molar-refractivity contribution in [2.75, 3.05) is 12.3 Å². The lowest BCUT2D eigenvalue weighted by Crippen LogP contribution is -2.40. The van der Waals surface area contributed by atoms with E-state index < -0.39 is 0 Å². The van der Waals surface area contributed by atoms with E-state index in [1.165, 1.54) is 0 Å². The summed E-state index contributed by atoms with van der Waals surface area (Å²) in [6, 6.07) is -0.207. The van der Waals surface area contributed by atoms with Crippen molar-refractivity contribution < 1.29 is 9.90 Å². The van der Waals surface area contributed by atoms with Crippen molar-refractivity contribution in [2.24, 2.45) is 5.92 Å². The number of amides is 1. The Labute approximate surface area is 114 Å². The Morgan fingerprint density at radius 3 is 2.53 bits per heavy atom. The van der Waals surface area contributed by atoms with Gasteiger partial charge in [0.25, 0.3) is 0 Å². The monoisotopic (exact) mass is 268 g/mol. The van der Waals surface area contributed by atoms with Crippen LogP contribution in [0.4, 0.5) is 5.69 Å². The molecule has 0 aliphatic rings. The van der Waals surface area contributed by atoms with Gasteiger partial charge in [0.2, 0.25) is 5.91 Å². The third-order valence-corrected chi connectivity index (χ3v) is 3.07. The molecule has 0 spiro atoms. The summed E-state index contributed by atoms with van der Waals surface area (Å²) >= 11 is 0. The van der Waals surface area contributed by atoms with Gasteiger partial charge in [0.15, 0.2) is 0 Å². The fourth-order valence-electron chi connectivity index (χ4n) is 2.02. The summed E-state index contributed by atoms with van der Waals surface area (Å²) in [5.74, 6) is 0.257. The molecule has 1 unspecified atom stereocenters. The lowest BCUT2D eigenvalue weighted by atomic mass is 10.0. The average molecular weight is 268 g/mol. The molecule has 1 heterocycles. The van der Waals surface area contributed by atoms with Crippen LogP contribution in [0.15, 0.2) is 0 Å². The highest BCUT2D eigenvalue weighted by Crippen LogP contribution is 2.14. The van der Waals surface area contributed by atoms with Gasteiger partial charge >= 0.3 is 0 Å². The summed E-state index contributed by atoms with van der Waals surface area (Å²) in [5, 5.41) is 16.3. The molecule has 6 heteroatoms. The summed E-state index contributed by atoms with van der Waals surface area (Å²) in [7, 11) is 0. The normalized spacial score (nSPS) is 12.7. The van der Waals surface area contributed by atoms with Gasteiger partial charge in [0, 0.05) is 0 Å². The maximum Gasteiger partial charge on any atom is 0.242 e. The molecule has 1 aromatic rings. The van der Waals surface area contributed by atoms with Crippen molar-refractivity contribution in [3.63, 3.8) is 0 Å². The summed E-state index contributed by atoms with van der Waals surface area (Å²) in [5.41, 5.74) is 7.95. The molecular formula is C13H24N4O2. The van der Waals surface area contributed by atoms with Gasteiger partial charge in [-0.15, -0.1) is 0 Å². The van der Waals surface area contributed by atoms with Crippen LogP contribution in [0.25, 0.3) is 0 Å². The first-order valence-electron chi connectivity index (χ1n) is 6.54. The number of aliphatic hydroxyl groups excluding tert-OH is 1. The van der Waals surface area contributed by atoms with Crippen LogP contribution in [0.2, 0.25) is 0 Å². The minimum absolute atomic E-state index is 0.0524. The molecule has 0 fully saturated rings. The molecule has 1 amide bonds. The highest BCUT2D eigenvalue weighted by Gasteiger charge is 2.15. The molecule has 6 nitrogen and oxygen atoms in total. The summed E-state index contributed by atoms with van der Waals surface area (Å²) in [6.45, 7) is 7.82. The van der Waals surface area contributed by atoms with Gasteiger partial charge in [-0.3, -0.25) is 9.48 Å². The van der Waals surface area contributed by atoms with Crippen LogP contribution < -0.4 is 11.1 Å². The third-order valence-electron chi connectivity index (χ3n) is 3.07. The topological polar surface area (TPSA) is 93.2 Å². The molecular weight excluding hydrogens is 244 g/mol. The number of aryl methyl sites for hydroxylation is 1. The fourth-order valence-corrected chi connectivity index (χ4v) is 2.02. The van der Waals surface area contributed by atoms with Crippen molar-refractivity contribution in [1.29, 1.82) is 0 Å². The van der Waals surface area contributed by atoms with E-state index in [1.54, 1.807) is 4.68 Å². The van der Waals surface area contributed by atoms with E-state index in [-0.39, 0.29) is 25.1 Å². The number of nitrogens with one attached hydrogen (secondary N) is 1. The van der Waals surface area contributed by atoms with Gasteiger partial charge < -0.3 is 16.2 Å². The number of aliphatic hydroxyl groups is 1. The van der Waals surface area contributed by atoms with E-state index in [2.05, 4.69) is 24.3 Å². The zero-order valence-electron chi connectivity index (χ0n) is 12.1. The SMILES string of the molecule is Cc1nn(CC(=O)NC(CO)CC(C)C)c(C)c1N. The summed E-state index contributed by atoms with van der Waals surface area (Å²) in [6.07, 6.45) is 0.751. The maximum atomic E-state index is 11.9. The van der Waals surface area contributed by atoms with Crippen LogP contribution in [0.1, 0.15) is 31.7 Å². The number of nitrogen functional groups attached to an aromatic ring is 1. The first-order chi connectivity index (χ1) is 8.85. The average Bonchev–Trinajstić information content (AvgIpc) is 2.55. The lowest BCUT2D eigenvalue weighted by molar-refractivity contribution is -0.123. The maximum absolute atomic E-state index is 11.9. The lowest BCUT2D eigenvalue weighted by Gasteiger charge is -2.18. The fraction of sp³-hybridized carbons (Fsp3) is 0.692. The second-order valence-corrected chi connectivity index (χ2v) is 5.32. The standard InChI is InChI=1S/C13H24N4O2/c1-8(2)5-11(7-18)15-12(19)6-17-10(4)13(14)9(3)16-17/h8,11,18H,5-7,14H2,1-4H3,(H,15,19). The van der Waals surface area contributed by atoms with E-state index in [1.807, 2.05) is 13.8 Å². The molecule has 1 atom stereocenters. The Balaban J connectivity index is 2.61. The van der Waals surface area contributed by atoms with Crippen LogP contribution in [0.3, 0.4) is 0 Å². The van der Waals surface area contributed by atoms with Gasteiger partial charge in [-0.05, 0) is 26.2 Å². The number of carbonyl (C=O) groups excluding carboxylic acids is 1. The van der Waals surface area contributed by atoms with Crippen LogP contribution in [0, 0.1) is 19.8 Å². The predicted molar refractivity (Wildman–Crippen MR) is 74.6 cm³/mol. The zero-order valence-corrected chi connectivity index (χ0v) is 12.1. The van der Waals surface area contributed by atoms with Gasteiger partial charge in [0.1, 0.15) is 6.54 Å². The Morgan fingerprint density at radius 1 is 1.47 bits per heavy atom. The Kier molecular flexibility index (Phi) is 5.35. The molecule has 0 saturated carbocycles. The molecule has 0 saturated heterocycles. The minimum Gasteiger partial charge on any atom is -0.396 e. The van der Waals surface area contributed by atoms with E-state index in [0.29, 0.717) is 11.6 Å². The van der Waals surface area contributed by atoms with Crippen LogP contribution in [-0.2, 0) is 11.3 Å². The molecule has 4 N–H and O–H groups in total. The molecule has 108 valence electrons. The third kappa shape index (κ3) is 4.24. The number of nitrogens with zero attached hydrogens (tertiary/aromatic N) is 2. The highest BCUT2D eigenvalue weighted by atomic mass is 16.3. The smallest absolute Gasteiger partial charge is 0.242 e. The molecule has 0 bridgehead atoms. The van der Waals surface area contributed by atoms with Crippen molar-refractivity contribution in [3.05, 3.63) is 11.4 Å². The second-order valence-electron chi connectivity index (χ2n) is 5.32. The minimum atomic E-state index is -0.207. The number of nitrogens with two attached hydrogens (primary N) is 1. The van der Waals surface area contributed by atoms with E-state index in [0.717, 1.165) is 17.8 Å². The summed E-state index contributed by atoms with van der Waals surface area (Å²) < 4.78 is 1.59. The van der Waals surface area contributed by atoms with Crippen LogP contribution in [0.5, 0.6) is 0 Å². The second kappa shape index (κ2) is 6.56. The van der Waals surface area contributed by atoms with Crippen molar-refractivity contribution in [3.8, 4) is 0 Å². The van der Waals surface area contributed by atoms with Crippen molar-refractivity contribution in [2.45, 2.75) is 46.7 Å². The van der Waals surface area contributed by atoms with Crippen molar-refractivity contribution in [1.82, 2.24) is 15.1 Å². The Morgan fingerprint density at radius 2 is 2.11 bits per heavy atom. The first kappa shape index (κ1) is 15.5.